The normalized spacial score (nSPS) is 26.1. The molecule has 1 amide bonds. The summed E-state index contributed by atoms with van der Waals surface area (Å²) in [4.78, 5) is 43.9. The van der Waals surface area contributed by atoms with Crippen LogP contribution in [0.15, 0.2) is 15.9 Å². The monoisotopic (exact) mass is 448 g/mol. The van der Waals surface area contributed by atoms with Crippen LogP contribution in [-0.2, 0) is 23.6 Å². The van der Waals surface area contributed by atoms with Crippen LogP contribution in [0.3, 0.4) is 0 Å². The number of piperidine rings is 1. The van der Waals surface area contributed by atoms with Gasteiger partial charge in [-0.05, 0) is 33.6 Å². The fourth-order valence-electron chi connectivity index (χ4n) is 4.90. The highest BCUT2D eigenvalue weighted by molar-refractivity contribution is 5.85. The Bertz CT molecular complexity index is 1180. The number of aryl methyl sites for hydroxylation is 1. The Balaban J connectivity index is 1.68. The molecule has 3 N–H and O–H groups in total. The first kappa shape index (κ1) is 22.7. The molecule has 2 atom stereocenters. The average Bonchev–Trinajstić information content (AvgIpc) is 3.17. The highest BCUT2D eigenvalue weighted by Gasteiger charge is 2.50. The molecule has 0 bridgehead atoms. The molecular weight excluding hydrogens is 416 g/mol. The van der Waals surface area contributed by atoms with Crippen molar-refractivity contribution in [1.82, 2.24) is 23.6 Å². The second-order valence-electron chi connectivity index (χ2n) is 10.1. The van der Waals surface area contributed by atoms with Crippen LogP contribution >= 0.6 is 0 Å². The van der Waals surface area contributed by atoms with Gasteiger partial charge in [-0.3, -0.25) is 18.7 Å². The Labute approximate surface area is 185 Å². The third-order valence-corrected chi connectivity index (χ3v) is 6.98. The van der Waals surface area contributed by atoms with Crippen molar-refractivity contribution in [2.24, 2.45) is 19.8 Å². The van der Waals surface area contributed by atoms with Crippen molar-refractivity contribution < 1.29 is 14.6 Å². The number of hydrogen-bond acceptors (Lipinski definition) is 7. The van der Waals surface area contributed by atoms with Gasteiger partial charge >= 0.3 is 5.69 Å². The zero-order valence-corrected chi connectivity index (χ0v) is 19.3. The van der Waals surface area contributed by atoms with E-state index in [2.05, 4.69) is 4.98 Å². The number of aromatic nitrogens is 4. The summed E-state index contributed by atoms with van der Waals surface area (Å²) in [5.74, 6) is -0.100. The van der Waals surface area contributed by atoms with E-state index in [-0.39, 0.29) is 23.7 Å². The van der Waals surface area contributed by atoms with E-state index in [4.69, 9.17) is 10.5 Å². The Morgan fingerprint density at radius 1 is 1.25 bits per heavy atom. The first-order valence-corrected chi connectivity index (χ1v) is 10.8. The van der Waals surface area contributed by atoms with Gasteiger partial charge in [0, 0.05) is 33.6 Å². The number of amides is 1. The number of ether oxygens (including phenoxy) is 1. The minimum atomic E-state index is -1.25. The van der Waals surface area contributed by atoms with Crippen LogP contribution in [0.5, 0.6) is 0 Å². The largest absolute Gasteiger partial charge is 0.386 e. The van der Waals surface area contributed by atoms with Gasteiger partial charge < -0.3 is 25.0 Å². The quantitative estimate of drug-likeness (QED) is 0.616. The smallest absolute Gasteiger partial charge is 0.332 e. The Kier molecular flexibility index (Phi) is 5.14. The minimum Gasteiger partial charge on any atom is -0.386 e. The summed E-state index contributed by atoms with van der Waals surface area (Å²) < 4.78 is 10.2. The van der Waals surface area contributed by atoms with Gasteiger partial charge in [-0.15, -0.1) is 0 Å². The molecule has 11 heteroatoms. The van der Waals surface area contributed by atoms with Crippen LogP contribution in [0.2, 0.25) is 0 Å². The molecule has 0 aromatic carbocycles. The van der Waals surface area contributed by atoms with E-state index in [0.29, 0.717) is 32.4 Å². The van der Waals surface area contributed by atoms with E-state index in [0.717, 1.165) is 4.57 Å². The van der Waals surface area contributed by atoms with E-state index in [9.17, 15) is 19.5 Å². The lowest BCUT2D eigenvalue weighted by Crippen LogP contribution is -2.60. The molecule has 0 aliphatic carbocycles. The molecule has 1 spiro atoms. The summed E-state index contributed by atoms with van der Waals surface area (Å²) in [5, 5.41) is 11.2. The van der Waals surface area contributed by atoms with Crippen LogP contribution in [0.4, 0.5) is 0 Å². The SMILES string of the molecule is Cn1c(=O)c2c(ncn2[C@H]2CC3(CCN(C(=O)C(C)(C)N)CC3)OC[C@]2(C)O)n(C)c1=O. The zero-order valence-electron chi connectivity index (χ0n) is 19.3. The number of nitrogens with zero attached hydrogens (tertiary/aromatic N) is 5. The van der Waals surface area contributed by atoms with Gasteiger partial charge in [0.1, 0.15) is 5.60 Å². The van der Waals surface area contributed by atoms with Gasteiger partial charge in [0.15, 0.2) is 11.2 Å². The van der Waals surface area contributed by atoms with Crippen molar-refractivity contribution in [3.63, 3.8) is 0 Å². The topological polar surface area (TPSA) is 138 Å². The lowest BCUT2D eigenvalue weighted by atomic mass is 9.77. The molecule has 4 rings (SSSR count). The Hall–Kier alpha value is -2.50. The second kappa shape index (κ2) is 7.26. The highest BCUT2D eigenvalue weighted by Crippen LogP contribution is 2.44. The summed E-state index contributed by atoms with van der Waals surface area (Å²) in [5.41, 5.74) is 2.90. The van der Waals surface area contributed by atoms with Gasteiger partial charge in [-0.1, -0.05) is 0 Å². The van der Waals surface area contributed by atoms with E-state index >= 15 is 0 Å². The van der Waals surface area contributed by atoms with Gasteiger partial charge in [0.2, 0.25) is 5.91 Å². The third kappa shape index (κ3) is 3.48. The van der Waals surface area contributed by atoms with Crippen molar-refractivity contribution in [3.8, 4) is 0 Å². The molecule has 0 saturated carbocycles. The van der Waals surface area contributed by atoms with Crippen molar-refractivity contribution in [3.05, 3.63) is 27.2 Å². The minimum absolute atomic E-state index is 0.0831. The number of fused-ring (bicyclic) bond motifs is 1. The number of imidazole rings is 1. The highest BCUT2D eigenvalue weighted by atomic mass is 16.5. The maximum Gasteiger partial charge on any atom is 0.332 e. The number of aliphatic hydroxyl groups is 1. The van der Waals surface area contributed by atoms with E-state index in [1.807, 2.05) is 0 Å². The van der Waals surface area contributed by atoms with Crippen LogP contribution in [0, 0.1) is 0 Å². The molecule has 2 aliphatic rings. The first-order chi connectivity index (χ1) is 14.8. The number of carbonyl (C=O) groups is 1. The van der Waals surface area contributed by atoms with Crippen LogP contribution in [0.1, 0.15) is 46.1 Å². The molecule has 0 radical (unpaired) electrons. The lowest BCUT2D eigenvalue weighted by molar-refractivity contribution is -0.201. The van der Waals surface area contributed by atoms with Gasteiger partial charge in [-0.2, -0.15) is 0 Å². The van der Waals surface area contributed by atoms with Crippen LogP contribution in [-0.4, -0.2) is 71.0 Å². The van der Waals surface area contributed by atoms with Crippen LogP contribution in [0.25, 0.3) is 11.2 Å². The predicted molar refractivity (Wildman–Crippen MR) is 117 cm³/mol. The number of nitrogens with two attached hydrogens (primary N) is 1. The molecule has 0 unspecified atom stereocenters. The summed E-state index contributed by atoms with van der Waals surface area (Å²) >= 11 is 0. The fourth-order valence-corrected chi connectivity index (χ4v) is 4.90. The lowest BCUT2D eigenvalue weighted by Gasteiger charge is -2.51. The summed E-state index contributed by atoms with van der Waals surface area (Å²) in [6.07, 6.45) is 3.17. The Morgan fingerprint density at radius 3 is 2.47 bits per heavy atom. The number of rotatable bonds is 2. The molecule has 32 heavy (non-hydrogen) atoms. The predicted octanol–water partition coefficient (Wildman–Crippen LogP) is -0.755. The number of likely N-dealkylation sites (tertiary alicyclic amines) is 1. The van der Waals surface area contributed by atoms with Crippen molar-refractivity contribution in [2.75, 3.05) is 19.7 Å². The van der Waals surface area contributed by atoms with E-state index < -0.39 is 34.0 Å². The van der Waals surface area contributed by atoms with Crippen LogP contribution < -0.4 is 17.0 Å². The molecule has 2 aromatic rings. The summed E-state index contributed by atoms with van der Waals surface area (Å²) in [6, 6.07) is -0.486. The van der Waals surface area contributed by atoms with Gasteiger partial charge in [0.05, 0.1) is 30.1 Å². The average molecular weight is 449 g/mol. The van der Waals surface area contributed by atoms with Crippen molar-refractivity contribution in [1.29, 1.82) is 0 Å². The molecule has 2 fully saturated rings. The molecule has 2 saturated heterocycles. The maximum absolute atomic E-state index is 12.9. The summed E-state index contributed by atoms with van der Waals surface area (Å²) in [6.45, 7) is 6.17. The molecular formula is C21H32N6O5. The van der Waals surface area contributed by atoms with Crippen molar-refractivity contribution >= 4 is 17.1 Å². The van der Waals surface area contributed by atoms with E-state index in [1.165, 1.54) is 17.9 Å². The van der Waals surface area contributed by atoms with Crippen molar-refractivity contribution in [2.45, 2.75) is 62.8 Å². The standard InChI is InChI=1S/C21H32N6O5/c1-19(2,22)17(29)26-8-6-21(7-9-26)10-13(20(3,31)11-32-21)27-12-23-15-14(27)16(28)25(5)18(30)24(15)4/h12-13,31H,6-11,22H2,1-5H3/t13-,20-/m0/s1. The van der Waals surface area contributed by atoms with Gasteiger partial charge in [-0.25, -0.2) is 9.78 Å². The molecule has 2 aliphatic heterocycles. The fraction of sp³-hybridized carbons (Fsp3) is 0.714. The van der Waals surface area contributed by atoms with E-state index in [1.54, 1.807) is 37.3 Å². The second-order valence-corrected chi connectivity index (χ2v) is 10.1. The third-order valence-electron chi connectivity index (χ3n) is 6.98. The maximum atomic E-state index is 12.9. The number of hydrogen-bond donors (Lipinski definition) is 2. The molecule has 2 aromatic heterocycles. The zero-order chi connectivity index (χ0) is 23.6. The number of carbonyl (C=O) groups excluding carboxylic acids is 1. The Morgan fingerprint density at radius 2 is 1.88 bits per heavy atom. The first-order valence-electron chi connectivity index (χ1n) is 10.8. The van der Waals surface area contributed by atoms with Gasteiger partial charge in [0.25, 0.3) is 5.56 Å². The summed E-state index contributed by atoms with van der Waals surface area (Å²) in [7, 11) is 2.99. The molecule has 11 nitrogen and oxygen atoms in total. The molecule has 4 heterocycles. The molecule has 176 valence electrons.